The third kappa shape index (κ3) is 12.9. The topological polar surface area (TPSA) is 134 Å². The van der Waals surface area contributed by atoms with Crippen LogP contribution in [0.4, 0.5) is 4.79 Å². The van der Waals surface area contributed by atoms with Gasteiger partial charge in [0.25, 0.3) is 0 Å². The molecule has 0 aromatic heterocycles. The van der Waals surface area contributed by atoms with Crippen LogP contribution in [0.3, 0.4) is 0 Å². The predicted molar refractivity (Wildman–Crippen MR) is 158 cm³/mol. The molecule has 0 aliphatic heterocycles. The number of esters is 1. The van der Waals surface area contributed by atoms with Gasteiger partial charge in [-0.05, 0) is 64.7 Å². The van der Waals surface area contributed by atoms with Gasteiger partial charge in [-0.2, -0.15) is 0 Å². The van der Waals surface area contributed by atoms with Crippen LogP contribution in [-0.4, -0.2) is 71.8 Å². The number of rotatable bonds is 17. The zero-order valence-electron chi connectivity index (χ0n) is 26.0. The molecule has 0 saturated carbocycles. The molecule has 0 spiro atoms. The number of alkyl carbamates (subject to hydrolysis) is 1. The Bertz CT molecular complexity index is 970. The molecule has 10 nitrogen and oxygen atoms in total. The van der Waals surface area contributed by atoms with E-state index in [0.29, 0.717) is 12.0 Å². The molecule has 2 unspecified atom stereocenters. The van der Waals surface area contributed by atoms with E-state index in [1.54, 1.807) is 27.7 Å². The highest BCUT2D eigenvalue weighted by Crippen LogP contribution is 2.29. The molecular formula is C31H51N3O7. The third-order valence-corrected chi connectivity index (χ3v) is 6.52. The summed E-state index contributed by atoms with van der Waals surface area (Å²) in [5.41, 5.74) is 1.49. The number of aliphatic hydroxyl groups is 1. The number of carbonyl (C=O) groups is 4. The zero-order valence-corrected chi connectivity index (χ0v) is 26.0. The van der Waals surface area contributed by atoms with E-state index in [1.165, 1.54) is 4.90 Å². The van der Waals surface area contributed by atoms with Gasteiger partial charge in [0.05, 0.1) is 19.6 Å². The lowest BCUT2D eigenvalue weighted by Gasteiger charge is -2.35. The maximum Gasteiger partial charge on any atom is 0.408 e. The monoisotopic (exact) mass is 577 g/mol. The lowest BCUT2D eigenvalue weighted by molar-refractivity contribution is -0.144. The minimum Gasteiger partial charge on any atom is -0.466 e. The fourth-order valence-electron chi connectivity index (χ4n) is 4.57. The Morgan fingerprint density at radius 2 is 1.59 bits per heavy atom. The smallest absolute Gasteiger partial charge is 0.408 e. The van der Waals surface area contributed by atoms with Gasteiger partial charge < -0.3 is 30.1 Å². The van der Waals surface area contributed by atoms with Crippen molar-refractivity contribution in [2.75, 3.05) is 26.3 Å². The van der Waals surface area contributed by atoms with Crippen molar-refractivity contribution in [2.45, 2.75) is 111 Å². The number of nitrogens with one attached hydrogen (secondary N) is 2. The van der Waals surface area contributed by atoms with Crippen LogP contribution in [0, 0.1) is 13.8 Å². The first-order chi connectivity index (χ1) is 19.4. The van der Waals surface area contributed by atoms with E-state index in [1.807, 2.05) is 32.0 Å². The largest absolute Gasteiger partial charge is 0.466 e. The van der Waals surface area contributed by atoms with Crippen LogP contribution in [0.2, 0.25) is 0 Å². The number of carbonyl (C=O) groups excluding carboxylic acids is 4. The molecule has 0 aliphatic carbocycles. The Balaban J connectivity index is 3.41. The molecule has 0 saturated heterocycles. The molecule has 0 heterocycles. The van der Waals surface area contributed by atoms with Crippen molar-refractivity contribution in [3.8, 4) is 0 Å². The molecule has 0 bridgehead atoms. The number of aryl methyl sites for hydroxylation is 2. The lowest BCUT2D eigenvalue weighted by Crippen LogP contribution is -2.54. The number of aliphatic hydroxyl groups excluding tert-OH is 1. The fourth-order valence-corrected chi connectivity index (χ4v) is 4.57. The van der Waals surface area contributed by atoms with Gasteiger partial charge >= 0.3 is 12.1 Å². The van der Waals surface area contributed by atoms with Crippen molar-refractivity contribution in [3.63, 3.8) is 0 Å². The second kappa shape index (κ2) is 18.3. The Morgan fingerprint density at radius 3 is 2.15 bits per heavy atom. The quantitative estimate of drug-likeness (QED) is 0.183. The molecule has 1 aromatic carbocycles. The van der Waals surface area contributed by atoms with Gasteiger partial charge in [-0.1, -0.05) is 57.2 Å². The summed E-state index contributed by atoms with van der Waals surface area (Å²) in [4.78, 5) is 53.6. The number of hydrogen-bond acceptors (Lipinski definition) is 7. The van der Waals surface area contributed by atoms with E-state index < -0.39 is 48.2 Å². The summed E-state index contributed by atoms with van der Waals surface area (Å²) in [6, 6.07) is 3.26. The van der Waals surface area contributed by atoms with Crippen LogP contribution in [0.1, 0.15) is 102 Å². The number of amides is 3. The summed E-state index contributed by atoms with van der Waals surface area (Å²) >= 11 is 0. The summed E-state index contributed by atoms with van der Waals surface area (Å²) in [5.74, 6) is -1.49. The summed E-state index contributed by atoms with van der Waals surface area (Å²) in [5, 5.41) is 15.4. The standard InChI is InChI=1S/C31H51N3O7/c1-8-10-11-12-13-14-20-34(29(38)24(21-35)33-30(39)41-31(5,6)7)27(26-22(3)16-15-17-23(26)4)28(37)32-19-18-25(36)40-9-2/h15-17,24,27,35H,8-14,18-21H2,1-7H3,(H,32,37)(H,33,39). The molecule has 3 amide bonds. The van der Waals surface area contributed by atoms with Gasteiger partial charge in [0, 0.05) is 13.1 Å². The van der Waals surface area contributed by atoms with Gasteiger partial charge in [-0.25, -0.2) is 4.79 Å². The zero-order chi connectivity index (χ0) is 31.0. The van der Waals surface area contributed by atoms with E-state index in [9.17, 15) is 24.3 Å². The van der Waals surface area contributed by atoms with Crippen LogP contribution >= 0.6 is 0 Å². The first kappa shape index (κ1) is 35.9. The molecule has 0 aliphatic rings. The van der Waals surface area contributed by atoms with E-state index in [4.69, 9.17) is 9.47 Å². The Hall–Kier alpha value is -3.14. The van der Waals surface area contributed by atoms with E-state index in [2.05, 4.69) is 17.6 Å². The average molecular weight is 578 g/mol. The summed E-state index contributed by atoms with van der Waals surface area (Å²) < 4.78 is 10.3. The Labute approximate surface area is 245 Å². The number of unbranched alkanes of at least 4 members (excludes halogenated alkanes) is 5. The van der Waals surface area contributed by atoms with Crippen molar-refractivity contribution < 1.29 is 33.8 Å². The summed E-state index contributed by atoms with van der Waals surface area (Å²) in [7, 11) is 0. The number of hydrogen-bond donors (Lipinski definition) is 3. The van der Waals surface area contributed by atoms with Gasteiger partial charge in [-0.15, -0.1) is 0 Å². The van der Waals surface area contributed by atoms with E-state index in [0.717, 1.165) is 43.2 Å². The average Bonchev–Trinajstić information content (AvgIpc) is 2.88. The lowest BCUT2D eigenvalue weighted by atomic mass is 9.93. The molecule has 41 heavy (non-hydrogen) atoms. The van der Waals surface area contributed by atoms with Crippen molar-refractivity contribution in [2.24, 2.45) is 0 Å². The van der Waals surface area contributed by atoms with E-state index >= 15 is 0 Å². The van der Waals surface area contributed by atoms with Gasteiger partial charge in [0.2, 0.25) is 11.8 Å². The maximum atomic E-state index is 14.0. The number of benzene rings is 1. The normalized spacial score (nSPS) is 12.7. The molecule has 0 radical (unpaired) electrons. The fraction of sp³-hybridized carbons (Fsp3) is 0.677. The van der Waals surface area contributed by atoms with Gasteiger partial charge in [0.15, 0.2) is 0 Å². The molecular weight excluding hydrogens is 526 g/mol. The molecule has 0 fully saturated rings. The highest BCUT2D eigenvalue weighted by Gasteiger charge is 2.37. The first-order valence-electron chi connectivity index (χ1n) is 14.8. The maximum absolute atomic E-state index is 14.0. The highest BCUT2D eigenvalue weighted by molar-refractivity contribution is 5.92. The number of ether oxygens (including phenoxy) is 2. The van der Waals surface area contributed by atoms with Gasteiger partial charge in [-0.3, -0.25) is 14.4 Å². The van der Waals surface area contributed by atoms with Crippen LogP contribution < -0.4 is 10.6 Å². The molecule has 1 aromatic rings. The highest BCUT2D eigenvalue weighted by atomic mass is 16.6. The van der Waals surface area contributed by atoms with E-state index in [-0.39, 0.29) is 26.1 Å². The van der Waals surface area contributed by atoms with Crippen LogP contribution in [0.25, 0.3) is 0 Å². The van der Waals surface area contributed by atoms with Crippen molar-refractivity contribution in [1.29, 1.82) is 0 Å². The number of nitrogens with zero attached hydrogens (tertiary/aromatic N) is 1. The van der Waals surface area contributed by atoms with Crippen LogP contribution in [-0.2, 0) is 23.9 Å². The summed E-state index contributed by atoms with van der Waals surface area (Å²) in [6.45, 7) is 12.5. The molecule has 1 rings (SSSR count). The van der Waals surface area contributed by atoms with Crippen molar-refractivity contribution in [1.82, 2.24) is 15.5 Å². The molecule has 3 N–H and O–H groups in total. The second-order valence-electron chi connectivity index (χ2n) is 11.2. The molecule has 232 valence electrons. The Kier molecular flexibility index (Phi) is 16.0. The SMILES string of the molecule is CCCCCCCCN(C(=O)C(CO)NC(=O)OC(C)(C)C)C(C(=O)NCCC(=O)OCC)c1c(C)cccc1C. The minimum absolute atomic E-state index is 0.0100. The second-order valence-corrected chi connectivity index (χ2v) is 11.2. The van der Waals surface area contributed by atoms with Crippen molar-refractivity contribution in [3.05, 3.63) is 34.9 Å². The molecule has 10 heteroatoms. The Morgan fingerprint density at radius 1 is 0.976 bits per heavy atom. The third-order valence-electron chi connectivity index (χ3n) is 6.52. The molecule has 2 atom stereocenters. The van der Waals surface area contributed by atoms with Crippen molar-refractivity contribution >= 4 is 23.9 Å². The minimum atomic E-state index is -1.32. The first-order valence-corrected chi connectivity index (χ1v) is 14.8. The predicted octanol–water partition coefficient (Wildman–Crippen LogP) is 4.49. The van der Waals surface area contributed by atoms with Crippen LogP contribution in [0.5, 0.6) is 0 Å². The van der Waals surface area contributed by atoms with Gasteiger partial charge in [0.1, 0.15) is 17.7 Å². The summed E-state index contributed by atoms with van der Waals surface area (Å²) in [6.07, 6.45) is 4.96. The van der Waals surface area contributed by atoms with Crippen LogP contribution in [0.15, 0.2) is 18.2 Å².